The lowest BCUT2D eigenvalue weighted by molar-refractivity contribution is -0.125. The second-order valence-corrected chi connectivity index (χ2v) is 3.75. The molecule has 1 atom stereocenters. The zero-order chi connectivity index (χ0) is 11.7. The van der Waals surface area contributed by atoms with Crippen LogP contribution >= 0.6 is 0 Å². The van der Waals surface area contributed by atoms with Crippen LogP contribution in [-0.2, 0) is 4.74 Å². The SMILES string of the molecule is CCCOCCC(C)CNCC(F)(F)F. The minimum Gasteiger partial charge on any atom is -0.381 e. The maximum absolute atomic E-state index is 11.8. The van der Waals surface area contributed by atoms with E-state index >= 15 is 0 Å². The van der Waals surface area contributed by atoms with Gasteiger partial charge in [-0.25, -0.2) is 0 Å². The molecule has 0 fully saturated rings. The molecule has 0 radical (unpaired) electrons. The molecule has 2 nitrogen and oxygen atoms in total. The van der Waals surface area contributed by atoms with Crippen LogP contribution in [0, 0.1) is 5.92 Å². The summed E-state index contributed by atoms with van der Waals surface area (Å²) in [5.74, 6) is 0.212. The van der Waals surface area contributed by atoms with Gasteiger partial charge in [0, 0.05) is 13.2 Å². The first-order valence-electron chi connectivity index (χ1n) is 5.31. The molecule has 0 aromatic carbocycles. The third kappa shape index (κ3) is 11.6. The van der Waals surface area contributed by atoms with Crippen LogP contribution in [-0.4, -0.2) is 32.5 Å². The van der Waals surface area contributed by atoms with Gasteiger partial charge in [0.1, 0.15) is 0 Å². The van der Waals surface area contributed by atoms with E-state index in [4.69, 9.17) is 4.74 Å². The van der Waals surface area contributed by atoms with Crippen molar-refractivity contribution in [2.75, 3.05) is 26.3 Å². The molecule has 0 spiro atoms. The summed E-state index contributed by atoms with van der Waals surface area (Å²) in [5.41, 5.74) is 0. The van der Waals surface area contributed by atoms with Gasteiger partial charge in [0.05, 0.1) is 6.54 Å². The minimum atomic E-state index is -4.11. The highest BCUT2D eigenvalue weighted by molar-refractivity contribution is 4.60. The second-order valence-electron chi connectivity index (χ2n) is 3.75. The van der Waals surface area contributed by atoms with Crippen LogP contribution in [0.4, 0.5) is 13.2 Å². The number of alkyl halides is 3. The third-order valence-electron chi connectivity index (χ3n) is 1.92. The van der Waals surface area contributed by atoms with Gasteiger partial charge < -0.3 is 10.1 Å². The van der Waals surface area contributed by atoms with E-state index in [1.807, 2.05) is 13.8 Å². The van der Waals surface area contributed by atoms with E-state index < -0.39 is 12.7 Å². The van der Waals surface area contributed by atoms with Crippen molar-refractivity contribution in [3.05, 3.63) is 0 Å². The Balaban J connectivity index is 3.29. The quantitative estimate of drug-likeness (QED) is 0.643. The van der Waals surface area contributed by atoms with Gasteiger partial charge in [0.15, 0.2) is 0 Å². The molecule has 92 valence electrons. The lowest BCUT2D eigenvalue weighted by Gasteiger charge is -2.13. The van der Waals surface area contributed by atoms with E-state index in [1.54, 1.807) is 0 Å². The molecule has 0 aliphatic rings. The topological polar surface area (TPSA) is 21.3 Å². The van der Waals surface area contributed by atoms with Crippen LogP contribution in [0.25, 0.3) is 0 Å². The number of hydrogen-bond donors (Lipinski definition) is 1. The van der Waals surface area contributed by atoms with Crippen molar-refractivity contribution in [1.29, 1.82) is 0 Å². The molecule has 0 aliphatic carbocycles. The second kappa shape index (κ2) is 7.93. The molecule has 1 unspecified atom stereocenters. The number of hydrogen-bond acceptors (Lipinski definition) is 2. The fourth-order valence-corrected chi connectivity index (χ4v) is 1.09. The van der Waals surface area contributed by atoms with Crippen LogP contribution in [0.5, 0.6) is 0 Å². The van der Waals surface area contributed by atoms with E-state index in [2.05, 4.69) is 5.32 Å². The van der Waals surface area contributed by atoms with Crippen LogP contribution in [0.1, 0.15) is 26.7 Å². The molecule has 0 saturated heterocycles. The fraction of sp³-hybridized carbons (Fsp3) is 1.00. The van der Waals surface area contributed by atoms with Crippen molar-refractivity contribution in [3.8, 4) is 0 Å². The molecular formula is C10H20F3NO. The van der Waals surface area contributed by atoms with Crippen molar-refractivity contribution in [2.45, 2.75) is 32.9 Å². The van der Waals surface area contributed by atoms with Crippen LogP contribution < -0.4 is 5.32 Å². The highest BCUT2D eigenvalue weighted by Crippen LogP contribution is 2.12. The van der Waals surface area contributed by atoms with E-state index in [0.717, 1.165) is 19.4 Å². The van der Waals surface area contributed by atoms with Crippen molar-refractivity contribution < 1.29 is 17.9 Å². The van der Waals surface area contributed by atoms with E-state index in [-0.39, 0.29) is 5.92 Å². The van der Waals surface area contributed by atoms with E-state index in [1.165, 1.54) is 0 Å². The first-order chi connectivity index (χ1) is 6.95. The maximum atomic E-state index is 11.8. The van der Waals surface area contributed by atoms with E-state index in [9.17, 15) is 13.2 Å². The zero-order valence-electron chi connectivity index (χ0n) is 9.36. The summed E-state index contributed by atoms with van der Waals surface area (Å²) in [4.78, 5) is 0. The lowest BCUT2D eigenvalue weighted by Crippen LogP contribution is -2.32. The summed E-state index contributed by atoms with van der Waals surface area (Å²) in [6.07, 6.45) is -2.34. The Labute approximate surface area is 89.2 Å². The van der Waals surface area contributed by atoms with Gasteiger partial charge in [-0.2, -0.15) is 13.2 Å². The standard InChI is InChI=1S/C10H20F3NO/c1-3-5-15-6-4-9(2)7-14-8-10(11,12)13/h9,14H,3-8H2,1-2H3. The Morgan fingerprint density at radius 2 is 1.93 bits per heavy atom. The van der Waals surface area contributed by atoms with E-state index in [0.29, 0.717) is 13.2 Å². The maximum Gasteiger partial charge on any atom is 0.401 e. The number of ether oxygens (including phenoxy) is 1. The molecule has 15 heavy (non-hydrogen) atoms. The summed E-state index contributed by atoms with van der Waals surface area (Å²) >= 11 is 0. The Hall–Kier alpha value is -0.290. The fourth-order valence-electron chi connectivity index (χ4n) is 1.09. The predicted octanol–water partition coefficient (Wildman–Crippen LogP) is 2.59. The van der Waals surface area contributed by atoms with Gasteiger partial charge in [0.2, 0.25) is 0 Å². The normalized spacial score (nSPS) is 14.2. The average Bonchev–Trinajstić information content (AvgIpc) is 2.10. The molecule has 0 heterocycles. The van der Waals surface area contributed by atoms with Crippen molar-refractivity contribution in [3.63, 3.8) is 0 Å². The molecule has 0 aromatic heterocycles. The van der Waals surface area contributed by atoms with Crippen molar-refractivity contribution >= 4 is 0 Å². The van der Waals surface area contributed by atoms with Gasteiger partial charge in [-0.3, -0.25) is 0 Å². The number of rotatable bonds is 8. The highest BCUT2D eigenvalue weighted by Gasteiger charge is 2.26. The van der Waals surface area contributed by atoms with Crippen molar-refractivity contribution in [2.24, 2.45) is 5.92 Å². The molecule has 0 saturated carbocycles. The zero-order valence-corrected chi connectivity index (χ0v) is 9.36. The summed E-state index contributed by atoms with van der Waals surface area (Å²) in [6, 6.07) is 0. The number of nitrogens with one attached hydrogen (secondary N) is 1. The highest BCUT2D eigenvalue weighted by atomic mass is 19.4. The summed E-state index contributed by atoms with van der Waals surface area (Å²) < 4.78 is 40.6. The Kier molecular flexibility index (Phi) is 7.78. The smallest absolute Gasteiger partial charge is 0.381 e. The van der Waals surface area contributed by atoms with Gasteiger partial charge in [-0.15, -0.1) is 0 Å². The molecule has 0 bridgehead atoms. The molecule has 5 heteroatoms. The number of halogens is 3. The van der Waals surface area contributed by atoms with Crippen LogP contribution in [0.2, 0.25) is 0 Å². The lowest BCUT2D eigenvalue weighted by atomic mass is 10.1. The molecule has 0 rings (SSSR count). The molecule has 0 amide bonds. The minimum absolute atomic E-state index is 0.212. The van der Waals surface area contributed by atoms with Crippen LogP contribution in [0.15, 0.2) is 0 Å². The third-order valence-corrected chi connectivity index (χ3v) is 1.92. The van der Waals surface area contributed by atoms with Gasteiger partial charge in [-0.1, -0.05) is 13.8 Å². The largest absolute Gasteiger partial charge is 0.401 e. The summed E-state index contributed by atoms with van der Waals surface area (Å²) in [6.45, 7) is 4.76. The van der Waals surface area contributed by atoms with Crippen LogP contribution in [0.3, 0.4) is 0 Å². The van der Waals surface area contributed by atoms with Gasteiger partial charge >= 0.3 is 6.18 Å². The van der Waals surface area contributed by atoms with Gasteiger partial charge in [-0.05, 0) is 25.3 Å². The Morgan fingerprint density at radius 1 is 1.27 bits per heavy atom. The summed E-state index contributed by atoms with van der Waals surface area (Å²) in [7, 11) is 0. The summed E-state index contributed by atoms with van der Waals surface area (Å²) in [5, 5.41) is 2.39. The Morgan fingerprint density at radius 3 is 2.47 bits per heavy atom. The molecule has 1 N–H and O–H groups in total. The van der Waals surface area contributed by atoms with Gasteiger partial charge in [0.25, 0.3) is 0 Å². The first-order valence-corrected chi connectivity index (χ1v) is 5.31. The molecule has 0 aromatic rings. The Bertz CT molecular complexity index is 150. The average molecular weight is 227 g/mol. The monoisotopic (exact) mass is 227 g/mol. The van der Waals surface area contributed by atoms with Crippen molar-refractivity contribution in [1.82, 2.24) is 5.32 Å². The molecule has 0 aliphatic heterocycles. The first kappa shape index (κ1) is 14.7. The molecular weight excluding hydrogens is 207 g/mol. The predicted molar refractivity (Wildman–Crippen MR) is 53.8 cm³/mol.